The number of piperidine rings is 1. The van der Waals surface area contributed by atoms with Crippen LogP contribution in [0.5, 0.6) is 0 Å². The molecule has 0 amide bonds. The average molecular weight is 473 g/mol. The minimum atomic E-state index is -0.525. The van der Waals surface area contributed by atoms with Crippen LogP contribution >= 0.6 is 15.9 Å². The molecule has 7 heteroatoms. The molecule has 156 valence electrons. The van der Waals surface area contributed by atoms with Crippen LogP contribution in [0.2, 0.25) is 0 Å². The number of hydrogen-bond acceptors (Lipinski definition) is 4. The lowest BCUT2D eigenvalue weighted by Crippen LogP contribution is -2.35. The molecule has 0 spiro atoms. The molecule has 0 radical (unpaired) electrons. The van der Waals surface area contributed by atoms with Crippen LogP contribution in [-0.4, -0.2) is 29.1 Å². The van der Waals surface area contributed by atoms with Gasteiger partial charge in [0.2, 0.25) is 0 Å². The zero-order chi connectivity index (χ0) is 20.7. The number of nitrogens with one attached hydrogen (secondary N) is 1. The van der Waals surface area contributed by atoms with Gasteiger partial charge in [0.15, 0.2) is 11.6 Å². The van der Waals surface area contributed by atoms with Crippen molar-refractivity contribution >= 4 is 38.6 Å². The van der Waals surface area contributed by atoms with Gasteiger partial charge in [-0.1, -0.05) is 22.0 Å². The third-order valence-electron chi connectivity index (χ3n) is 5.96. The quantitative estimate of drug-likeness (QED) is 0.516. The topological polar surface area (TPSA) is 41.1 Å². The first-order valence-corrected chi connectivity index (χ1v) is 11.3. The van der Waals surface area contributed by atoms with Crippen molar-refractivity contribution < 1.29 is 8.78 Å². The summed E-state index contributed by atoms with van der Waals surface area (Å²) < 4.78 is 28.2. The Morgan fingerprint density at radius 2 is 1.77 bits per heavy atom. The van der Waals surface area contributed by atoms with Crippen molar-refractivity contribution in [3.8, 4) is 0 Å². The highest BCUT2D eigenvalue weighted by Gasteiger charge is 2.27. The maximum atomic E-state index is 14.0. The second-order valence-corrected chi connectivity index (χ2v) is 9.23. The van der Waals surface area contributed by atoms with E-state index in [-0.39, 0.29) is 0 Å². The molecule has 1 aliphatic heterocycles. The van der Waals surface area contributed by atoms with E-state index in [2.05, 4.69) is 26.1 Å². The van der Waals surface area contributed by atoms with Gasteiger partial charge in [0.25, 0.3) is 0 Å². The van der Waals surface area contributed by atoms with Crippen molar-refractivity contribution in [2.24, 2.45) is 5.92 Å². The molecule has 4 nitrogen and oxygen atoms in total. The highest BCUT2D eigenvalue weighted by atomic mass is 79.9. The summed E-state index contributed by atoms with van der Waals surface area (Å²) in [5.74, 6) is 1.17. The van der Waals surface area contributed by atoms with Crippen LogP contribution in [0.3, 0.4) is 0 Å². The summed E-state index contributed by atoms with van der Waals surface area (Å²) in [5.41, 5.74) is 2.35. The maximum Gasteiger partial charge on any atom is 0.172 e. The van der Waals surface area contributed by atoms with Gasteiger partial charge in [-0.25, -0.2) is 18.7 Å². The predicted molar refractivity (Wildman–Crippen MR) is 119 cm³/mol. The Balaban J connectivity index is 1.34. The Bertz CT molecular complexity index is 1080. The Kier molecular flexibility index (Phi) is 5.31. The molecule has 0 atom stereocenters. The first-order chi connectivity index (χ1) is 14.5. The number of hydrogen-bond donors (Lipinski definition) is 1. The van der Waals surface area contributed by atoms with Crippen LogP contribution in [-0.2, 0) is 6.42 Å². The fourth-order valence-electron chi connectivity index (χ4n) is 4.10. The molecule has 1 saturated heterocycles. The van der Waals surface area contributed by atoms with Gasteiger partial charge in [-0.15, -0.1) is 0 Å². The van der Waals surface area contributed by atoms with Gasteiger partial charge >= 0.3 is 0 Å². The van der Waals surface area contributed by atoms with E-state index in [0.29, 0.717) is 23.9 Å². The van der Waals surface area contributed by atoms with E-state index in [1.165, 1.54) is 18.9 Å². The Hall–Kier alpha value is -2.28. The molecule has 1 aromatic heterocycles. The molecule has 2 heterocycles. The molecule has 2 aliphatic rings. The highest BCUT2D eigenvalue weighted by Crippen LogP contribution is 2.34. The van der Waals surface area contributed by atoms with E-state index in [0.717, 1.165) is 59.1 Å². The maximum absolute atomic E-state index is 14.0. The van der Waals surface area contributed by atoms with Gasteiger partial charge in [-0.3, -0.25) is 0 Å². The predicted octanol–water partition coefficient (Wildman–Crippen LogP) is 5.70. The van der Waals surface area contributed by atoms with E-state index in [1.807, 2.05) is 18.2 Å². The third-order valence-corrected chi connectivity index (χ3v) is 6.46. The molecule has 0 bridgehead atoms. The van der Waals surface area contributed by atoms with E-state index >= 15 is 0 Å². The Morgan fingerprint density at radius 1 is 0.967 bits per heavy atom. The molecule has 0 unspecified atom stereocenters. The first kappa shape index (κ1) is 19.7. The number of benzene rings is 2. The smallest absolute Gasteiger partial charge is 0.172 e. The van der Waals surface area contributed by atoms with E-state index < -0.39 is 11.6 Å². The standard InChI is InChI=1S/C23H23BrF2N4/c24-16-2-6-20-21(12-16)29-23(22(28-20)27-18-4-5-18)30-9-7-14(8-10-30)11-15-1-3-17(25)13-19(15)26/h1-3,6,12-14,18H,4-5,7-11H2,(H,27,28). The number of aromatic nitrogens is 2. The zero-order valence-corrected chi connectivity index (χ0v) is 18.1. The summed E-state index contributed by atoms with van der Waals surface area (Å²) in [7, 11) is 0. The first-order valence-electron chi connectivity index (χ1n) is 10.5. The van der Waals surface area contributed by atoms with Gasteiger partial charge in [0.1, 0.15) is 11.6 Å². The number of anilines is 2. The molecule has 5 rings (SSSR count). The van der Waals surface area contributed by atoms with Gasteiger partial charge in [-0.2, -0.15) is 0 Å². The minimum Gasteiger partial charge on any atom is -0.364 e. The highest BCUT2D eigenvalue weighted by molar-refractivity contribution is 9.10. The Labute approximate surface area is 182 Å². The van der Waals surface area contributed by atoms with E-state index in [9.17, 15) is 8.78 Å². The van der Waals surface area contributed by atoms with Crippen molar-refractivity contribution in [3.63, 3.8) is 0 Å². The number of fused-ring (bicyclic) bond motifs is 1. The van der Waals surface area contributed by atoms with Gasteiger partial charge in [-0.05, 0) is 67.9 Å². The van der Waals surface area contributed by atoms with Gasteiger partial charge in [0.05, 0.1) is 11.0 Å². The fourth-order valence-corrected chi connectivity index (χ4v) is 4.45. The summed E-state index contributed by atoms with van der Waals surface area (Å²) in [6, 6.07) is 10.3. The molecule has 1 N–H and O–H groups in total. The van der Waals surface area contributed by atoms with Crippen molar-refractivity contribution in [1.82, 2.24) is 9.97 Å². The van der Waals surface area contributed by atoms with E-state index in [1.54, 1.807) is 6.07 Å². The molecule has 1 saturated carbocycles. The van der Waals surface area contributed by atoms with E-state index in [4.69, 9.17) is 9.97 Å². The largest absolute Gasteiger partial charge is 0.364 e. The van der Waals surface area contributed by atoms with Crippen molar-refractivity contribution in [2.45, 2.75) is 38.1 Å². The van der Waals surface area contributed by atoms with Gasteiger partial charge in [0, 0.05) is 29.7 Å². The average Bonchev–Trinajstić information content (AvgIpc) is 3.54. The lowest BCUT2D eigenvalue weighted by molar-refractivity contribution is 0.396. The monoisotopic (exact) mass is 472 g/mol. The zero-order valence-electron chi connectivity index (χ0n) is 16.5. The normalized spacial score (nSPS) is 17.5. The van der Waals surface area contributed by atoms with Crippen molar-refractivity contribution in [2.75, 3.05) is 23.3 Å². The number of rotatable bonds is 5. The SMILES string of the molecule is Fc1ccc(CC2CCN(c3nc4cc(Br)ccc4nc3NC3CC3)CC2)c(F)c1. The molecule has 3 aromatic rings. The summed E-state index contributed by atoms with van der Waals surface area (Å²) in [5, 5.41) is 3.54. The molecule has 30 heavy (non-hydrogen) atoms. The summed E-state index contributed by atoms with van der Waals surface area (Å²) >= 11 is 3.52. The number of halogens is 3. The van der Waals surface area contributed by atoms with Crippen LogP contribution in [0, 0.1) is 17.6 Å². The lowest BCUT2D eigenvalue weighted by atomic mass is 9.90. The third kappa shape index (κ3) is 4.26. The van der Waals surface area contributed by atoms with Crippen LogP contribution in [0.15, 0.2) is 40.9 Å². The van der Waals surface area contributed by atoms with Crippen molar-refractivity contribution in [3.05, 3.63) is 58.1 Å². The fraction of sp³-hybridized carbons (Fsp3) is 0.391. The van der Waals surface area contributed by atoms with Crippen molar-refractivity contribution in [1.29, 1.82) is 0 Å². The van der Waals surface area contributed by atoms with Crippen LogP contribution in [0.25, 0.3) is 11.0 Å². The van der Waals surface area contributed by atoms with Crippen LogP contribution in [0.1, 0.15) is 31.2 Å². The molecular weight excluding hydrogens is 450 g/mol. The Morgan fingerprint density at radius 3 is 2.50 bits per heavy atom. The second kappa shape index (κ2) is 8.10. The molecule has 2 fully saturated rings. The molecule has 1 aliphatic carbocycles. The summed E-state index contributed by atoms with van der Waals surface area (Å²) in [6.45, 7) is 1.70. The van der Waals surface area contributed by atoms with Crippen LogP contribution < -0.4 is 10.2 Å². The van der Waals surface area contributed by atoms with Crippen LogP contribution in [0.4, 0.5) is 20.4 Å². The summed E-state index contributed by atoms with van der Waals surface area (Å²) in [4.78, 5) is 12.1. The second-order valence-electron chi connectivity index (χ2n) is 8.32. The number of nitrogens with zero attached hydrogens (tertiary/aromatic N) is 3. The lowest BCUT2D eigenvalue weighted by Gasteiger charge is -2.34. The minimum absolute atomic E-state index is 0.378. The van der Waals surface area contributed by atoms with Gasteiger partial charge < -0.3 is 10.2 Å². The molecule has 2 aromatic carbocycles. The summed E-state index contributed by atoms with van der Waals surface area (Å²) in [6.07, 6.45) is 4.87. The molecular formula is C23H23BrF2N4.